The summed E-state index contributed by atoms with van der Waals surface area (Å²) in [7, 11) is 0. The van der Waals surface area contributed by atoms with Crippen LogP contribution in [0.15, 0.2) is 24.3 Å². The van der Waals surface area contributed by atoms with E-state index in [9.17, 15) is 4.79 Å². The number of hydrogen-bond acceptors (Lipinski definition) is 2. The number of hydrogen-bond donors (Lipinski definition) is 2. The van der Waals surface area contributed by atoms with Gasteiger partial charge in [0.05, 0.1) is 0 Å². The van der Waals surface area contributed by atoms with Gasteiger partial charge in [-0.2, -0.15) is 0 Å². The van der Waals surface area contributed by atoms with E-state index < -0.39 is 0 Å². The minimum atomic E-state index is 0.147. The number of thiocarbonyl (C=S) groups is 1. The maximum atomic E-state index is 12.5. The molecule has 0 saturated carbocycles. The average Bonchev–Trinajstić information content (AvgIpc) is 2.58. The van der Waals surface area contributed by atoms with Crippen molar-refractivity contribution in [3.05, 3.63) is 35.4 Å². The molecule has 4 nitrogen and oxygen atoms in total. The van der Waals surface area contributed by atoms with E-state index in [1.54, 1.807) is 0 Å². The zero-order chi connectivity index (χ0) is 15.8. The van der Waals surface area contributed by atoms with Crippen LogP contribution in [-0.2, 0) is 6.54 Å². The van der Waals surface area contributed by atoms with E-state index in [-0.39, 0.29) is 5.91 Å². The van der Waals surface area contributed by atoms with Gasteiger partial charge in [0.1, 0.15) is 0 Å². The summed E-state index contributed by atoms with van der Waals surface area (Å²) in [6.07, 6.45) is 4.51. The van der Waals surface area contributed by atoms with Crippen molar-refractivity contribution in [2.24, 2.45) is 0 Å². The lowest BCUT2D eigenvalue weighted by molar-refractivity contribution is 0.0724. The second-order valence-corrected chi connectivity index (χ2v) is 6.07. The van der Waals surface area contributed by atoms with Gasteiger partial charge in [-0.1, -0.05) is 19.1 Å². The predicted octanol–water partition coefficient (Wildman–Crippen LogP) is 2.69. The Morgan fingerprint density at radius 2 is 2.00 bits per heavy atom. The summed E-state index contributed by atoms with van der Waals surface area (Å²) in [6, 6.07) is 7.82. The SMILES string of the molecule is CCCNC(=S)NCc1cccc(C(=O)N2CCCCC2)c1. The molecule has 0 aromatic heterocycles. The van der Waals surface area contributed by atoms with Crippen molar-refractivity contribution in [3.63, 3.8) is 0 Å². The van der Waals surface area contributed by atoms with Crippen molar-refractivity contribution in [2.45, 2.75) is 39.2 Å². The van der Waals surface area contributed by atoms with Crippen LogP contribution in [0.25, 0.3) is 0 Å². The van der Waals surface area contributed by atoms with Gasteiger partial charge in [0.25, 0.3) is 5.91 Å². The van der Waals surface area contributed by atoms with Crippen LogP contribution in [0.2, 0.25) is 0 Å². The van der Waals surface area contributed by atoms with Gasteiger partial charge in [-0.05, 0) is 55.6 Å². The Balaban J connectivity index is 1.91. The molecule has 0 radical (unpaired) electrons. The highest BCUT2D eigenvalue weighted by Gasteiger charge is 2.18. The van der Waals surface area contributed by atoms with E-state index in [1.165, 1.54) is 6.42 Å². The Kier molecular flexibility index (Phi) is 6.65. The fourth-order valence-electron chi connectivity index (χ4n) is 2.58. The molecular formula is C17H25N3OS. The summed E-state index contributed by atoms with van der Waals surface area (Å²) >= 11 is 5.21. The fourth-order valence-corrected chi connectivity index (χ4v) is 2.75. The van der Waals surface area contributed by atoms with Crippen molar-refractivity contribution in [2.75, 3.05) is 19.6 Å². The molecule has 2 N–H and O–H groups in total. The van der Waals surface area contributed by atoms with Crippen molar-refractivity contribution < 1.29 is 4.79 Å². The summed E-state index contributed by atoms with van der Waals surface area (Å²) in [6.45, 7) is 5.37. The lowest BCUT2D eigenvalue weighted by Crippen LogP contribution is -2.36. The van der Waals surface area contributed by atoms with Gasteiger partial charge in [-0.15, -0.1) is 0 Å². The van der Waals surface area contributed by atoms with E-state index in [0.29, 0.717) is 11.7 Å². The molecule has 2 rings (SSSR count). The molecule has 0 unspecified atom stereocenters. The van der Waals surface area contributed by atoms with E-state index in [1.807, 2.05) is 29.2 Å². The number of nitrogens with zero attached hydrogens (tertiary/aromatic N) is 1. The van der Waals surface area contributed by atoms with Crippen LogP contribution in [0, 0.1) is 0 Å². The molecule has 1 heterocycles. The van der Waals surface area contributed by atoms with Crippen LogP contribution < -0.4 is 10.6 Å². The third-order valence-electron chi connectivity index (χ3n) is 3.81. The maximum absolute atomic E-state index is 12.5. The Morgan fingerprint density at radius 3 is 2.73 bits per heavy atom. The molecule has 1 amide bonds. The van der Waals surface area contributed by atoms with Crippen LogP contribution in [-0.4, -0.2) is 35.6 Å². The number of nitrogens with one attached hydrogen (secondary N) is 2. The van der Waals surface area contributed by atoms with Gasteiger partial charge in [0.2, 0.25) is 0 Å². The number of likely N-dealkylation sites (tertiary alicyclic amines) is 1. The molecule has 0 atom stereocenters. The van der Waals surface area contributed by atoms with E-state index in [2.05, 4.69) is 17.6 Å². The molecule has 5 heteroatoms. The Hall–Kier alpha value is -1.62. The first-order chi connectivity index (χ1) is 10.7. The van der Waals surface area contributed by atoms with E-state index in [4.69, 9.17) is 12.2 Å². The molecule has 1 aromatic carbocycles. The molecule has 1 aliphatic heterocycles. The van der Waals surface area contributed by atoms with Crippen molar-refractivity contribution in [1.82, 2.24) is 15.5 Å². The summed E-state index contributed by atoms with van der Waals surface area (Å²) in [4.78, 5) is 14.5. The van der Waals surface area contributed by atoms with Crippen molar-refractivity contribution >= 4 is 23.2 Å². The first-order valence-electron chi connectivity index (χ1n) is 8.10. The molecule has 22 heavy (non-hydrogen) atoms. The standard InChI is InChI=1S/C17H25N3OS/c1-2-9-18-17(22)19-13-14-7-6-8-15(12-14)16(21)20-10-4-3-5-11-20/h6-8,12H,2-5,9-11,13H2,1H3,(H2,18,19,22). The van der Waals surface area contributed by atoms with Crippen LogP contribution >= 0.6 is 12.2 Å². The third kappa shape index (κ3) is 4.98. The third-order valence-corrected chi connectivity index (χ3v) is 4.09. The lowest BCUT2D eigenvalue weighted by atomic mass is 10.1. The Bertz CT molecular complexity index is 512. The first kappa shape index (κ1) is 16.7. The molecule has 1 fully saturated rings. The highest BCUT2D eigenvalue weighted by atomic mass is 32.1. The lowest BCUT2D eigenvalue weighted by Gasteiger charge is -2.26. The monoisotopic (exact) mass is 319 g/mol. The van der Waals surface area contributed by atoms with Gasteiger partial charge < -0.3 is 15.5 Å². The second-order valence-electron chi connectivity index (χ2n) is 5.66. The van der Waals surface area contributed by atoms with Crippen molar-refractivity contribution in [3.8, 4) is 0 Å². The van der Waals surface area contributed by atoms with Crippen molar-refractivity contribution in [1.29, 1.82) is 0 Å². The van der Waals surface area contributed by atoms with Gasteiger partial charge in [-0.3, -0.25) is 4.79 Å². The number of carbonyl (C=O) groups excluding carboxylic acids is 1. The topological polar surface area (TPSA) is 44.4 Å². The molecule has 1 aromatic rings. The van der Waals surface area contributed by atoms with Gasteiger partial charge in [-0.25, -0.2) is 0 Å². The predicted molar refractivity (Wildman–Crippen MR) is 93.9 cm³/mol. The molecule has 1 aliphatic rings. The van der Waals surface area contributed by atoms with E-state index in [0.717, 1.165) is 50.0 Å². The molecule has 1 saturated heterocycles. The average molecular weight is 319 g/mol. The molecule has 0 bridgehead atoms. The number of piperidine rings is 1. The minimum Gasteiger partial charge on any atom is -0.363 e. The number of rotatable bonds is 5. The van der Waals surface area contributed by atoms with Crippen LogP contribution in [0.5, 0.6) is 0 Å². The molecule has 0 aliphatic carbocycles. The maximum Gasteiger partial charge on any atom is 0.253 e. The van der Waals surface area contributed by atoms with Crippen LogP contribution in [0.4, 0.5) is 0 Å². The summed E-state index contributed by atoms with van der Waals surface area (Å²) < 4.78 is 0. The number of amides is 1. The fraction of sp³-hybridized carbons (Fsp3) is 0.529. The first-order valence-corrected chi connectivity index (χ1v) is 8.51. The zero-order valence-electron chi connectivity index (χ0n) is 13.2. The van der Waals surface area contributed by atoms with Crippen LogP contribution in [0.1, 0.15) is 48.5 Å². The molecular weight excluding hydrogens is 294 g/mol. The summed E-state index contributed by atoms with van der Waals surface area (Å²) in [5, 5.41) is 6.97. The van der Waals surface area contributed by atoms with Gasteiger partial charge >= 0.3 is 0 Å². The Morgan fingerprint density at radius 1 is 1.23 bits per heavy atom. The highest BCUT2D eigenvalue weighted by molar-refractivity contribution is 7.80. The van der Waals surface area contributed by atoms with E-state index >= 15 is 0 Å². The minimum absolute atomic E-state index is 0.147. The number of carbonyl (C=O) groups is 1. The van der Waals surface area contributed by atoms with Gasteiger partial charge in [0.15, 0.2) is 5.11 Å². The highest BCUT2D eigenvalue weighted by Crippen LogP contribution is 2.14. The van der Waals surface area contributed by atoms with Crippen LogP contribution in [0.3, 0.4) is 0 Å². The molecule has 120 valence electrons. The summed E-state index contributed by atoms with van der Waals surface area (Å²) in [5.74, 6) is 0.147. The molecule has 0 spiro atoms. The quantitative estimate of drug-likeness (QED) is 0.819. The Labute approximate surface area is 138 Å². The second kappa shape index (κ2) is 8.73. The summed E-state index contributed by atoms with van der Waals surface area (Å²) in [5.41, 5.74) is 1.84. The smallest absolute Gasteiger partial charge is 0.253 e. The van der Waals surface area contributed by atoms with Gasteiger partial charge in [0, 0.05) is 31.7 Å². The normalized spacial score (nSPS) is 14.5. The zero-order valence-corrected chi connectivity index (χ0v) is 14.0. The largest absolute Gasteiger partial charge is 0.363 e. The number of benzene rings is 1.